The van der Waals surface area contributed by atoms with E-state index in [2.05, 4.69) is 0 Å². The number of carbonyl (C=O) groups excluding carboxylic acids is 3. The van der Waals surface area contributed by atoms with Gasteiger partial charge in [0.25, 0.3) is 5.91 Å². The number of carbonyl (C=O) groups is 3. The summed E-state index contributed by atoms with van der Waals surface area (Å²) in [6.45, 7) is 1.43. The van der Waals surface area contributed by atoms with Crippen LogP contribution in [0.1, 0.15) is 12.5 Å². The predicted molar refractivity (Wildman–Crippen MR) is 119 cm³/mol. The topological polar surface area (TPSA) is 91.4 Å². The molecule has 1 atom stereocenters. The van der Waals surface area contributed by atoms with Crippen molar-refractivity contribution in [2.75, 3.05) is 19.1 Å². The monoisotopic (exact) mass is 447 g/mol. The molecule has 0 aromatic heterocycles. The first kappa shape index (κ1) is 21.9. The fourth-order valence-corrected chi connectivity index (χ4v) is 3.56. The Morgan fingerprint density at radius 3 is 1.76 bits per heavy atom. The van der Waals surface area contributed by atoms with Crippen LogP contribution in [0.2, 0.25) is 0 Å². The summed E-state index contributed by atoms with van der Waals surface area (Å²) in [4.78, 5) is 40.5. The van der Waals surface area contributed by atoms with Gasteiger partial charge in [-0.25, -0.2) is 9.69 Å². The van der Waals surface area contributed by atoms with Gasteiger partial charge < -0.3 is 18.9 Å². The maximum absolute atomic E-state index is 13.4. The van der Waals surface area contributed by atoms with E-state index in [0.717, 1.165) is 4.90 Å². The molecule has 8 heteroatoms. The molecule has 3 aromatic carbocycles. The van der Waals surface area contributed by atoms with E-state index in [1.165, 1.54) is 21.1 Å². The number of methoxy groups -OCH3 is 2. The molecule has 0 bridgehead atoms. The molecular weight excluding hydrogens is 426 g/mol. The minimum Gasteiger partial charge on any atom is -0.497 e. The van der Waals surface area contributed by atoms with Crippen molar-refractivity contribution in [3.8, 4) is 23.0 Å². The SMILES string of the molecule is COc1ccc(OC(=O)N2C(=O)[C@](C)(C(=O)Oc3ccc(OC)cc3)c3ccccc32)cc1. The van der Waals surface area contributed by atoms with E-state index in [4.69, 9.17) is 18.9 Å². The van der Waals surface area contributed by atoms with Crippen molar-refractivity contribution in [2.45, 2.75) is 12.3 Å². The van der Waals surface area contributed by atoms with Gasteiger partial charge in [-0.1, -0.05) is 18.2 Å². The molecule has 3 aromatic rings. The Hall–Kier alpha value is -4.33. The van der Waals surface area contributed by atoms with Crippen molar-refractivity contribution in [1.29, 1.82) is 0 Å². The molecule has 0 saturated heterocycles. The lowest BCUT2D eigenvalue weighted by molar-refractivity contribution is -0.144. The van der Waals surface area contributed by atoms with Crippen LogP contribution in [0.15, 0.2) is 72.8 Å². The first-order chi connectivity index (χ1) is 15.9. The summed E-state index contributed by atoms with van der Waals surface area (Å²) in [6.07, 6.45) is -0.932. The number of rotatable bonds is 5. The van der Waals surface area contributed by atoms with Crippen LogP contribution in [0.5, 0.6) is 23.0 Å². The number of ether oxygens (including phenoxy) is 4. The number of imide groups is 1. The quantitative estimate of drug-likeness (QED) is 0.330. The Morgan fingerprint density at radius 1 is 0.727 bits per heavy atom. The average Bonchev–Trinajstić information content (AvgIpc) is 3.08. The van der Waals surface area contributed by atoms with Crippen LogP contribution in [0.3, 0.4) is 0 Å². The summed E-state index contributed by atoms with van der Waals surface area (Å²) in [7, 11) is 3.04. The third-order valence-corrected chi connectivity index (χ3v) is 5.44. The number of anilines is 1. The lowest BCUT2D eigenvalue weighted by Gasteiger charge is -2.21. The molecule has 0 radical (unpaired) electrons. The molecule has 1 aliphatic heterocycles. The van der Waals surface area contributed by atoms with Crippen molar-refractivity contribution < 1.29 is 33.3 Å². The normalized spacial score (nSPS) is 16.7. The molecule has 0 saturated carbocycles. The van der Waals surface area contributed by atoms with Gasteiger partial charge >= 0.3 is 12.1 Å². The van der Waals surface area contributed by atoms with Crippen LogP contribution in [0.25, 0.3) is 0 Å². The Balaban J connectivity index is 1.62. The molecule has 8 nitrogen and oxygen atoms in total. The number of hydrogen-bond acceptors (Lipinski definition) is 7. The standard InChI is InChI=1S/C25H21NO7/c1-25(23(28)32-18-12-8-16(30-2)9-13-18)20-6-4-5-7-21(20)26(22(25)27)24(29)33-19-14-10-17(31-3)11-15-19/h4-15H,1-3H3/t25-/m1/s1. The average molecular weight is 447 g/mol. The summed E-state index contributed by atoms with van der Waals surface area (Å²) < 4.78 is 21.1. The molecule has 1 aliphatic rings. The van der Waals surface area contributed by atoms with Gasteiger partial charge in [0.05, 0.1) is 19.9 Å². The molecule has 2 amide bonds. The molecule has 0 fully saturated rings. The van der Waals surface area contributed by atoms with Crippen LogP contribution < -0.4 is 23.8 Å². The molecule has 0 spiro atoms. The summed E-state index contributed by atoms with van der Waals surface area (Å²) in [5, 5.41) is 0. The van der Waals surface area contributed by atoms with Crippen molar-refractivity contribution in [3.63, 3.8) is 0 Å². The van der Waals surface area contributed by atoms with E-state index < -0.39 is 23.4 Å². The highest BCUT2D eigenvalue weighted by atomic mass is 16.6. The van der Waals surface area contributed by atoms with Crippen LogP contribution >= 0.6 is 0 Å². The number of amides is 2. The minimum absolute atomic E-state index is 0.223. The molecule has 0 unspecified atom stereocenters. The lowest BCUT2D eigenvalue weighted by atomic mass is 9.84. The second kappa shape index (κ2) is 8.66. The first-order valence-corrected chi connectivity index (χ1v) is 10.0. The van der Waals surface area contributed by atoms with Gasteiger partial charge in [0.15, 0.2) is 5.41 Å². The van der Waals surface area contributed by atoms with E-state index in [1.807, 2.05) is 0 Å². The molecular formula is C25H21NO7. The van der Waals surface area contributed by atoms with Crippen molar-refractivity contribution in [3.05, 3.63) is 78.4 Å². The van der Waals surface area contributed by atoms with Gasteiger partial charge in [-0.2, -0.15) is 0 Å². The number of nitrogens with zero attached hydrogens (tertiary/aromatic N) is 1. The summed E-state index contributed by atoms with van der Waals surface area (Å²) in [5.74, 6) is 0.0691. The predicted octanol–water partition coefficient (Wildman–Crippen LogP) is 4.11. The Bertz CT molecular complexity index is 1200. The fourth-order valence-electron chi connectivity index (χ4n) is 3.56. The van der Waals surface area contributed by atoms with E-state index >= 15 is 0 Å². The zero-order valence-electron chi connectivity index (χ0n) is 18.2. The van der Waals surface area contributed by atoms with Gasteiger partial charge in [0, 0.05) is 5.56 Å². The molecule has 33 heavy (non-hydrogen) atoms. The fraction of sp³-hybridized carbons (Fsp3) is 0.160. The number of benzene rings is 3. The zero-order valence-corrected chi connectivity index (χ0v) is 18.2. The van der Waals surface area contributed by atoms with Crippen LogP contribution in [-0.2, 0) is 15.0 Å². The van der Waals surface area contributed by atoms with E-state index in [-0.39, 0.29) is 17.2 Å². The smallest absolute Gasteiger partial charge is 0.426 e. The van der Waals surface area contributed by atoms with Gasteiger partial charge in [0.1, 0.15) is 23.0 Å². The first-order valence-electron chi connectivity index (χ1n) is 10.0. The van der Waals surface area contributed by atoms with Crippen LogP contribution in [-0.4, -0.2) is 32.2 Å². The molecule has 0 N–H and O–H groups in total. The van der Waals surface area contributed by atoms with Crippen LogP contribution in [0.4, 0.5) is 10.5 Å². The summed E-state index contributed by atoms with van der Waals surface area (Å²) in [5.41, 5.74) is -1.13. The molecule has 1 heterocycles. The number of para-hydroxylation sites is 1. The highest BCUT2D eigenvalue weighted by Gasteiger charge is 2.56. The van der Waals surface area contributed by atoms with Crippen LogP contribution in [0, 0.1) is 0 Å². The van der Waals surface area contributed by atoms with E-state index in [9.17, 15) is 14.4 Å². The minimum atomic E-state index is -1.74. The van der Waals surface area contributed by atoms with Gasteiger partial charge in [-0.15, -0.1) is 0 Å². The highest BCUT2D eigenvalue weighted by Crippen LogP contribution is 2.43. The third-order valence-electron chi connectivity index (χ3n) is 5.44. The Kier molecular flexibility index (Phi) is 5.74. The van der Waals surface area contributed by atoms with Gasteiger partial charge in [-0.05, 0) is 61.5 Å². The van der Waals surface area contributed by atoms with E-state index in [0.29, 0.717) is 17.1 Å². The number of hydrogen-bond donors (Lipinski definition) is 0. The number of fused-ring (bicyclic) bond motifs is 1. The van der Waals surface area contributed by atoms with Gasteiger partial charge in [0.2, 0.25) is 0 Å². The second-order valence-electron chi connectivity index (χ2n) is 7.39. The summed E-state index contributed by atoms with van der Waals surface area (Å²) in [6, 6.07) is 19.3. The lowest BCUT2D eigenvalue weighted by Crippen LogP contribution is -2.48. The Labute approximate surface area is 190 Å². The highest BCUT2D eigenvalue weighted by molar-refractivity contribution is 6.28. The van der Waals surface area contributed by atoms with Crippen molar-refractivity contribution >= 4 is 23.7 Å². The molecule has 168 valence electrons. The second-order valence-corrected chi connectivity index (χ2v) is 7.39. The molecule has 4 rings (SSSR count). The van der Waals surface area contributed by atoms with Gasteiger partial charge in [-0.3, -0.25) is 9.59 Å². The third kappa shape index (κ3) is 3.87. The zero-order chi connectivity index (χ0) is 23.6. The van der Waals surface area contributed by atoms with Crippen molar-refractivity contribution in [1.82, 2.24) is 0 Å². The largest absolute Gasteiger partial charge is 0.497 e. The van der Waals surface area contributed by atoms with Crippen molar-refractivity contribution in [2.24, 2.45) is 0 Å². The maximum Gasteiger partial charge on any atom is 0.426 e. The summed E-state index contributed by atoms with van der Waals surface area (Å²) >= 11 is 0. The maximum atomic E-state index is 13.4. The van der Waals surface area contributed by atoms with E-state index in [1.54, 1.807) is 72.8 Å². The molecule has 0 aliphatic carbocycles. The Morgan fingerprint density at radius 2 is 1.21 bits per heavy atom. The number of esters is 1.